The molecular formula is C25H32N4O2S. The van der Waals surface area contributed by atoms with Crippen LogP contribution in [0.3, 0.4) is 0 Å². The van der Waals surface area contributed by atoms with E-state index in [-0.39, 0.29) is 5.91 Å². The molecule has 0 bridgehead atoms. The number of hydrogen-bond acceptors (Lipinski definition) is 6. The van der Waals surface area contributed by atoms with Gasteiger partial charge in [0.25, 0.3) is 5.91 Å². The Bertz CT molecular complexity index is 981. The van der Waals surface area contributed by atoms with Gasteiger partial charge in [0, 0.05) is 44.8 Å². The van der Waals surface area contributed by atoms with Crippen molar-refractivity contribution < 1.29 is 9.53 Å². The standard InChI is InChI=1S/C25H32N4O2S/c1-2-3-6-18-31-21-9-7-8-20(19-21)24(30)26-12-13-28-14-16-29(17-15-28)25-27-22-10-4-5-11-23(22)32-25/h4-5,7-11,19H,2-3,6,12-18H2,1H3,(H,26,30). The third kappa shape index (κ3) is 5.99. The predicted octanol–water partition coefficient (Wildman–Crippen LogP) is 4.42. The lowest BCUT2D eigenvalue weighted by Crippen LogP contribution is -2.48. The van der Waals surface area contributed by atoms with Crippen molar-refractivity contribution >= 4 is 32.6 Å². The van der Waals surface area contributed by atoms with Crippen molar-refractivity contribution in [2.45, 2.75) is 26.2 Å². The van der Waals surface area contributed by atoms with Crippen LogP contribution in [0.25, 0.3) is 10.2 Å². The first-order chi connectivity index (χ1) is 15.7. The van der Waals surface area contributed by atoms with Crippen LogP contribution in [-0.2, 0) is 0 Å². The Hall–Kier alpha value is -2.64. The second-order valence-electron chi connectivity index (χ2n) is 8.13. The fraction of sp³-hybridized carbons (Fsp3) is 0.440. The van der Waals surface area contributed by atoms with Crippen LogP contribution in [-0.4, -0.2) is 61.7 Å². The number of nitrogens with zero attached hydrogens (tertiary/aromatic N) is 3. The van der Waals surface area contributed by atoms with Crippen LogP contribution in [0.4, 0.5) is 5.13 Å². The minimum atomic E-state index is -0.0443. The predicted molar refractivity (Wildman–Crippen MR) is 132 cm³/mol. The number of unbranched alkanes of at least 4 members (excludes halogenated alkanes) is 2. The number of amides is 1. The second kappa shape index (κ2) is 11.3. The minimum absolute atomic E-state index is 0.0443. The average Bonchev–Trinajstić information content (AvgIpc) is 3.27. The normalized spacial score (nSPS) is 14.6. The molecule has 1 aliphatic rings. The SMILES string of the molecule is CCCCCOc1cccc(C(=O)NCCN2CCN(c3nc4ccccc4s3)CC2)c1. The fourth-order valence-electron chi connectivity index (χ4n) is 3.86. The number of fused-ring (bicyclic) bond motifs is 1. The van der Waals surface area contributed by atoms with Crippen LogP contribution in [0.2, 0.25) is 0 Å². The number of carbonyl (C=O) groups is 1. The van der Waals surface area contributed by atoms with Crippen molar-refractivity contribution in [3.8, 4) is 5.75 Å². The van der Waals surface area contributed by atoms with Gasteiger partial charge in [-0.2, -0.15) is 0 Å². The highest BCUT2D eigenvalue weighted by Gasteiger charge is 2.19. The zero-order valence-electron chi connectivity index (χ0n) is 18.8. The van der Waals surface area contributed by atoms with Gasteiger partial charge in [-0.1, -0.05) is 49.3 Å². The van der Waals surface area contributed by atoms with Gasteiger partial charge in [-0.3, -0.25) is 9.69 Å². The number of aromatic nitrogens is 1. The number of benzene rings is 2. The molecule has 1 aliphatic heterocycles. The van der Waals surface area contributed by atoms with Crippen molar-refractivity contribution in [3.63, 3.8) is 0 Å². The lowest BCUT2D eigenvalue weighted by Gasteiger charge is -2.34. The summed E-state index contributed by atoms with van der Waals surface area (Å²) >= 11 is 1.76. The van der Waals surface area contributed by atoms with Gasteiger partial charge >= 0.3 is 0 Å². The molecule has 0 atom stereocenters. The average molecular weight is 453 g/mol. The monoisotopic (exact) mass is 452 g/mol. The van der Waals surface area contributed by atoms with Gasteiger partial charge in [-0.25, -0.2) is 4.98 Å². The summed E-state index contributed by atoms with van der Waals surface area (Å²) in [5.74, 6) is 0.719. The van der Waals surface area contributed by atoms with Gasteiger partial charge in [0.1, 0.15) is 5.75 Å². The molecule has 1 amide bonds. The number of para-hydroxylation sites is 1. The first-order valence-corrected chi connectivity index (χ1v) is 12.4. The molecule has 0 saturated carbocycles. The lowest BCUT2D eigenvalue weighted by molar-refractivity contribution is 0.0947. The molecule has 0 radical (unpaired) electrons. The maximum Gasteiger partial charge on any atom is 0.251 e. The summed E-state index contributed by atoms with van der Waals surface area (Å²) in [7, 11) is 0. The van der Waals surface area contributed by atoms with E-state index in [9.17, 15) is 4.79 Å². The van der Waals surface area contributed by atoms with E-state index in [0.717, 1.165) is 62.0 Å². The van der Waals surface area contributed by atoms with Crippen LogP contribution in [0, 0.1) is 0 Å². The highest BCUT2D eigenvalue weighted by atomic mass is 32.1. The first kappa shape index (κ1) is 22.6. The molecule has 6 nitrogen and oxygen atoms in total. The molecule has 170 valence electrons. The molecule has 7 heteroatoms. The maximum atomic E-state index is 12.5. The van der Waals surface area contributed by atoms with E-state index in [2.05, 4.69) is 40.2 Å². The van der Waals surface area contributed by atoms with E-state index < -0.39 is 0 Å². The van der Waals surface area contributed by atoms with Crippen molar-refractivity contribution in [1.29, 1.82) is 0 Å². The number of anilines is 1. The van der Waals surface area contributed by atoms with Gasteiger partial charge in [0.05, 0.1) is 16.8 Å². The first-order valence-electron chi connectivity index (χ1n) is 11.6. The Morgan fingerprint density at radius 2 is 1.94 bits per heavy atom. The molecule has 4 rings (SSSR count). The Kier molecular flexibility index (Phi) is 7.96. The zero-order chi connectivity index (χ0) is 22.2. The molecule has 0 unspecified atom stereocenters. The third-order valence-corrected chi connectivity index (χ3v) is 6.85. The summed E-state index contributed by atoms with van der Waals surface area (Å²) in [5, 5.41) is 4.16. The molecular weight excluding hydrogens is 420 g/mol. The summed E-state index contributed by atoms with van der Waals surface area (Å²) in [5.41, 5.74) is 1.73. The smallest absolute Gasteiger partial charge is 0.251 e. The molecule has 32 heavy (non-hydrogen) atoms. The number of rotatable bonds is 10. The molecule has 1 N–H and O–H groups in total. The minimum Gasteiger partial charge on any atom is -0.494 e. The van der Waals surface area contributed by atoms with Crippen LogP contribution in [0.5, 0.6) is 5.75 Å². The summed E-state index contributed by atoms with van der Waals surface area (Å²) in [6.07, 6.45) is 3.37. The van der Waals surface area contributed by atoms with Crippen LogP contribution < -0.4 is 15.0 Å². The molecule has 1 aromatic heterocycles. The summed E-state index contributed by atoms with van der Waals surface area (Å²) < 4.78 is 7.01. The summed E-state index contributed by atoms with van der Waals surface area (Å²) in [4.78, 5) is 22.1. The third-order valence-electron chi connectivity index (χ3n) is 5.75. The topological polar surface area (TPSA) is 57.7 Å². The van der Waals surface area contributed by atoms with E-state index in [1.807, 2.05) is 30.3 Å². The van der Waals surface area contributed by atoms with E-state index in [4.69, 9.17) is 9.72 Å². The lowest BCUT2D eigenvalue weighted by atomic mass is 10.2. The van der Waals surface area contributed by atoms with Gasteiger partial charge in [0.2, 0.25) is 0 Å². The molecule has 2 aromatic carbocycles. The van der Waals surface area contributed by atoms with Crippen molar-refractivity contribution in [1.82, 2.24) is 15.2 Å². The fourth-order valence-corrected chi connectivity index (χ4v) is 4.87. The summed E-state index contributed by atoms with van der Waals surface area (Å²) in [6.45, 7) is 8.25. The number of piperazine rings is 1. The van der Waals surface area contributed by atoms with E-state index in [1.165, 1.54) is 11.1 Å². The summed E-state index contributed by atoms with van der Waals surface area (Å²) in [6, 6.07) is 15.8. The number of carbonyl (C=O) groups excluding carboxylic acids is 1. The highest BCUT2D eigenvalue weighted by molar-refractivity contribution is 7.22. The van der Waals surface area contributed by atoms with Crippen molar-refractivity contribution in [2.75, 3.05) is 50.8 Å². The number of ether oxygens (including phenoxy) is 1. The van der Waals surface area contributed by atoms with Crippen molar-refractivity contribution in [3.05, 3.63) is 54.1 Å². The number of hydrogen-bond donors (Lipinski definition) is 1. The Morgan fingerprint density at radius 3 is 2.75 bits per heavy atom. The molecule has 1 saturated heterocycles. The second-order valence-corrected chi connectivity index (χ2v) is 9.14. The zero-order valence-corrected chi connectivity index (χ0v) is 19.6. The van der Waals surface area contributed by atoms with Crippen LogP contribution in [0.1, 0.15) is 36.5 Å². The van der Waals surface area contributed by atoms with Crippen LogP contribution in [0.15, 0.2) is 48.5 Å². The highest BCUT2D eigenvalue weighted by Crippen LogP contribution is 2.29. The molecule has 3 aromatic rings. The number of nitrogens with one attached hydrogen (secondary N) is 1. The van der Waals surface area contributed by atoms with E-state index >= 15 is 0 Å². The van der Waals surface area contributed by atoms with Crippen molar-refractivity contribution in [2.24, 2.45) is 0 Å². The molecule has 0 aliphatic carbocycles. The van der Waals surface area contributed by atoms with Gasteiger partial charge in [-0.05, 0) is 36.8 Å². The maximum absolute atomic E-state index is 12.5. The Balaban J connectivity index is 1.19. The molecule has 1 fully saturated rings. The quantitative estimate of drug-likeness (QED) is 0.462. The number of thiazole rings is 1. The van der Waals surface area contributed by atoms with E-state index in [1.54, 1.807) is 11.3 Å². The van der Waals surface area contributed by atoms with Gasteiger partial charge < -0.3 is 15.0 Å². The Labute approximate surface area is 194 Å². The van der Waals surface area contributed by atoms with Gasteiger partial charge in [0.15, 0.2) is 5.13 Å². The van der Waals surface area contributed by atoms with Crippen LogP contribution >= 0.6 is 11.3 Å². The largest absolute Gasteiger partial charge is 0.494 e. The van der Waals surface area contributed by atoms with E-state index in [0.29, 0.717) is 18.7 Å². The molecule has 0 spiro atoms. The van der Waals surface area contributed by atoms with Gasteiger partial charge in [-0.15, -0.1) is 0 Å². The molecule has 2 heterocycles. The Morgan fingerprint density at radius 1 is 1.09 bits per heavy atom.